The summed E-state index contributed by atoms with van der Waals surface area (Å²) < 4.78 is 0. The first-order valence-corrected chi connectivity index (χ1v) is 2.41. The van der Waals surface area contributed by atoms with E-state index in [1.165, 1.54) is 26.2 Å². The molecule has 0 atom stereocenters. The van der Waals surface area contributed by atoms with Gasteiger partial charge in [-0.25, -0.2) is 0 Å². The van der Waals surface area contributed by atoms with Crippen molar-refractivity contribution in [1.82, 2.24) is 10.6 Å². The van der Waals surface area contributed by atoms with E-state index in [4.69, 9.17) is 0 Å². The van der Waals surface area contributed by atoms with Gasteiger partial charge in [-0.15, -0.1) is 0 Å². The quantitative estimate of drug-likeness (QED) is 0.361. The first kappa shape index (κ1) is 6.88. The lowest BCUT2D eigenvalue weighted by Gasteiger charge is -1.21. The van der Waals surface area contributed by atoms with Crippen molar-refractivity contribution in [3.63, 3.8) is 0 Å². The van der Waals surface area contributed by atoms with Crippen molar-refractivity contribution in [1.29, 1.82) is 0 Å². The fourth-order valence-corrected chi connectivity index (χ4v) is 0. The van der Waals surface area contributed by atoms with Crippen molar-refractivity contribution >= 4 is 0 Å². The monoisotopic (exact) mass is 104 g/mol. The van der Waals surface area contributed by atoms with Crippen molar-refractivity contribution in [3.8, 4) is 0 Å². The Kier molecular flexibility index (Phi) is 3.98. The maximum atomic E-state index is 3.00. The zero-order valence-electron chi connectivity index (χ0n) is 4.33. The molecule has 0 aliphatic carbocycles. The minimum Gasteiger partial charge on any atom is -0.412 e. The van der Waals surface area contributed by atoms with E-state index in [9.17, 15) is 0 Å². The molecule has 0 saturated carbocycles. The summed E-state index contributed by atoms with van der Waals surface area (Å²) in [6.45, 7) is 5.00. The van der Waals surface area contributed by atoms with Gasteiger partial charge in [-0.05, 0) is 0 Å². The molecule has 2 saturated heterocycles. The second-order valence-corrected chi connectivity index (χ2v) is 1.50. The summed E-state index contributed by atoms with van der Waals surface area (Å²) in [7, 11) is 0. The molecule has 0 aromatic carbocycles. The Bertz CT molecular complexity index is 25.2. The summed E-state index contributed by atoms with van der Waals surface area (Å²) in [6, 6.07) is 0. The Balaban J connectivity index is 0.0000000900. The van der Waals surface area contributed by atoms with Gasteiger partial charge in [0.25, 0.3) is 0 Å². The Labute approximate surface area is 43.4 Å². The molecule has 2 rings (SSSR count). The van der Waals surface area contributed by atoms with E-state index in [2.05, 4.69) is 10.6 Å². The zero-order valence-corrected chi connectivity index (χ0v) is 4.33. The highest BCUT2D eigenvalue weighted by molar-refractivity contribution is 4.59. The molecule has 3 heteroatoms. The van der Waals surface area contributed by atoms with E-state index in [-0.39, 0.29) is 5.48 Å². The van der Waals surface area contributed by atoms with Gasteiger partial charge in [-0.3, -0.25) is 0 Å². The van der Waals surface area contributed by atoms with Crippen LogP contribution in [0.2, 0.25) is 0 Å². The van der Waals surface area contributed by atoms with Crippen LogP contribution in [0.1, 0.15) is 0 Å². The van der Waals surface area contributed by atoms with E-state index in [0.717, 1.165) is 0 Å². The normalized spacial score (nSPS) is 20.6. The predicted molar refractivity (Wildman–Crippen MR) is 29.4 cm³/mol. The molecule has 0 aromatic heterocycles. The van der Waals surface area contributed by atoms with Crippen molar-refractivity contribution in [3.05, 3.63) is 0 Å². The molecule has 2 aliphatic rings. The largest absolute Gasteiger partial charge is 0.412 e. The van der Waals surface area contributed by atoms with Gasteiger partial charge < -0.3 is 16.1 Å². The van der Waals surface area contributed by atoms with Gasteiger partial charge >= 0.3 is 0 Å². The molecule has 0 spiro atoms. The topological polar surface area (TPSA) is 75.4 Å². The van der Waals surface area contributed by atoms with Crippen LogP contribution in [0, 0.1) is 0 Å². The summed E-state index contributed by atoms with van der Waals surface area (Å²) in [4.78, 5) is 0. The van der Waals surface area contributed by atoms with E-state index in [1.54, 1.807) is 0 Å². The van der Waals surface area contributed by atoms with Crippen molar-refractivity contribution < 1.29 is 5.48 Å². The minimum absolute atomic E-state index is 0. The third-order valence-corrected chi connectivity index (χ3v) is 0.500. The van der Waals surface area contributed by atoms with Crippen LogP contribution in [-0.4, -0.2) is 31.7 Å². The van der Waals surface area contributed by atoms with Gasteiger partial charge in [0.2, 0.25) is 0 Å². The summed E-state index contributed by atoms with van der Waals surface area (Å²) in [5, 5.41) is 6.00. The van der Waals surface area contributed by atoms with Crippen molar-refractivity contribution in [2.24, 2.45) is 0 Å². The highest BCUT2D eigenvalue weighted by Crippen LogP contribution is 1.65. The Morgan fingerprint density at radius 2 is 0.857 bits per heavy atom. The molecule has 2 fully saturated rings. The Hall–Kier alpha value is -0.120. The summed E-state index contributed by atoms with van der Waals surface area (Å²) in [5.41, 5.74) is 0. The van der Waals surface area contributed by atoms with E-state index >= 15 is 0 Å². The molecule has 0 bridgehead atoms. The molecule has 0 aromatic rings. The van der Waals surface area contributed by atoms with Gasteiger partial charge in [0.1, 0.15) is 0 Å². The van der Waals surface area contributed by atoms with Crippen LogP contribution < -0.4 is 10.6 Å². The molecular weight excluding hydrogens is 92.1 g/mol. The smallest absolute Gasteiger partial charge is 0.00772 e. The lowest BCUT2D eigenvalue weighted by molar-refractivity contribution is 0.824. The average Bonchev–Trinajstić information content (AvgIpc) is 2.31. The van der Waals surface area contributed by atoms with Gasteiger partial charge in [0.15, 0.2) is 0 Å². The fraction of sp³-hybridized carbons (Fsp3) is 1.00. The van der Waals surface area contributed by atoms with Gasteiger partial charge in [0.05, 0.1) is 0 Å². The van der Waals surface area contributed by atoms with E-state index in [0.29, 0.717) is 0 Å². The maximum Gasteiger partial charge on any atom is 0.00772 e. The SMILES string of the molecule is C1CN1.C1CN1.O. The first-order chi connectivity index (χ1) is 3.00. The molecule has 4 N–H and O–H groups in total. The average molecular weight is 104 g/mol. The minimum atomic E-state index is 0. The molecule has 0 radical (unpaired) electrons. The molecular formula is C4H12N2O. The maximum absolute atomic E-state index is 3.00. The number of hydrogen-bond acceptors (Lipinski definition) is 2. The molecule has 0 unspecified atom stereocenters. The fourth-order valence-electron chi connectivity index (χ4n) is 0. The third-order valence-electron chi connectivity index (χ3n) is 0.500. The van der Waals surface area contributed by atoms with E-state index in [1.807, 2.05) is 0 Å². The van der Waals surface area contributed by atoms with Crippen LogP contribution in [0.3, 0.4) is 0 Å². The molecule has 0 amide bonds. The highest BCUT2D eigenvalue weighted by atomic mass is 16.0. The van der Waals surface area contributed by atoms with Gasteiger partial charge in [-0.2, -0.15) is 0 Å². The lowest BCUT2D eigenvalue weighted by atomic mass is 11.0. The zero-order chi connectivity index (χ0) is 4.24. The predicted octanol–water partition coefficient (Wildman–Crippen LogP) is -1.65. The molecule has 7 heavy (non-hydrogen) atoms. The first-order valence-electron chi connectivity index (χ1n) is 2.41. The highest BCUT2D eigenvalue weighted by Gasteiger charge is 1.91. The summed E-state index contributed by atoms with van der Waals surface area (Å²) >= 11 is 0. The number of nitrogens with one attached hydrogen (secondary N) is 2. The molecule has 2 heterocycles. The second kappa shape index (κ2) is 4.05. The van der Waals surface area contributed by atoms with Crippen LogP contribution in [0.4, 0.5) is 0 Å². The third kappa shape index (κ3) is 25.0. The molecule has 44 valence electrons. The van der Waals surface area contributed by atoms with Crippen LogP contribution in [-0.2, 0) is 0 Å². The van der Waals surface area contributed by atoms with Crippen LogP contribution in [0.5, 0.6) is 0 Å². The van der Waals surface area contributed by atoms with Crippen LogP contribution >= 0.6 is 0 Å². The van der Waals surface area contributed by atoms with Crippen molar-refractivity contribution in [2.75, 3.05) is 26.2 Å². The van der Waals surface area contributed by atoms with Crippen LogP contribution in [0.15, 0.2) is 0 Å². The van der Waals surface area contributed by atoms with Crippen molar-refractivity contribution in [2.45, 2.75) is 0 Å². The molecule has 3 nitrogen and oxygen atoms in total. The second-order valence-electron chi connectivity index (χ2n) is 1.50. The number of hydrogen-bond donors (Lipinski definition) is 2. The standard InChI is InChI=1S/2C2H5N.H2O/c2*1-2-3-1;/h2*3H,1-2H2;1H2. The van der Waals surface area contributed by atoms with Gasteiger partial charge in [0, 0.05) is 26.2 Å². The Morgan fingerprint density at radius 3 is 0.857 bits per heavy atom. The van der Waals surface area contributed by atoms with Gasteiger partial charge in [-0.1, -0.05) is 0 Å². The summed E-state index contributed by atoms with van der Waals surface area (Å²) in [6.07, 6.45) is 0. The lowest BCUT2D eigenvalue weighted by Crippen LogP contribution is -1.56. The van der Waals surface area contributed by atoms with E-state index < -0.39 is 0 Å². The molecule has 2 aliphatic heterocycles. The number of rotatable bonds is 0. The summed E-state index contributed by atoms with van der Waals surface area (Å²) in [5.74, 6) is 0. The Morgan fingerprint density at radius 1 is 0.714 bits per heavy atom. The van der Waals surface area contributed by atoms with Crippen LogP contribution in [0.25, 0.3) is 0 Å².